The molecule has 36 heavy (non-hydrogen) atoms. The van der Waals surface area contributed by atoms with E-state index in [2.05, 4.69) is 22.2 Å². The SMILES string of the molecule is CN1CCN(c2ccc(Cl)cc2NC(=O)C2CCN(S(=O)(=O)c3ccc4c(c3)OCCO4)CC2)CC1. The highest BCUT2D eigenvalue weighted by atomic mass is 35.5. The van der Waals surface area contributed by atoms with Crippen LogP contribution in [0.15, 0.2) is 41.3 Å². The van der Waals surface area contributed by atoms with Crippen LogP contribution in [0.25, 0.3) is 0 Å². The average molecular weight is 535 g/mol. The van der Waals surface area contributed by atoms with E-state index < -0.39 is 10.0 Å². The molecule has 1 amide bonds. The Bertz CT molecular complexity index is 1220. The number of amides is 1. The predicted octanol–water partition coefficient (Wildman–Crippen LogP) is 2.90. The Balaban J connectivity index is 1.23. The maximum absolute atomic E-state index is 13.2. The van der Waals surface area contributed by atoms with Crippen LogP contribution in [0.3, 0.4) is 0 Å². The molecule has 1 N–H and O–H groups in total. The molecule has 0 aromatic heterocycles. The van der Waals surface area contributed by atoms with E-state index in [-0.39, 0.29) is 29.8 Å². The summed E-state index contributed by atoms with van der Waals surface area (Å²) in [4.78, 5) is 17.9. The zero-order chi connectivity index (χ0) is 25.3. The lowest BCUT2D eigenvalue weighted by Gasteiger charge is -2.35. The van der Waals surface area contributed by atoms with Gasteiger partial charge in [0.1, 0.15) is 13.2 Å². The minimum absolute atomic E-state index is 0.107. The van der Waals surface area contributed by atoms with Gasteiger partial charge in [0, 0.05) is 56.3 Å². The maximum Gasteiger partial charge on any atom is 0.243 e. The molecule has 0 atom stereocenters. The second-order valence-electron chi connectivity index (χ2n) is 9.42. The Morgan fingerprint density at radius 1 is 0.944 bits per heavy atom. The van der Waals surface area contributed by atoms with Crippen LogP contribution in [0.5, 0.6) is 11.5 Å². The lowest BCUT2D eigenvalue weighted by molar-refractivity contribution is -0.120. The number of anilines is 2. The Morgan fingerprint density at radius 3 is 2.36 bits per heavy atom. The summed E-state index contributed by atoms with van der Waals surface area (Å²) >= 11 is 6.25. The Hall–Kier alpha value is -2.53. The Morgan fingerprint density at radius 2 is 1.64 bits per heavy atom. The third-order valence-corrected chi connectivity index (χ3v) is 9.17. The van der Waals surface area contributed by atoms with Crippen molar-refractivity contribution in [3.63, 3.8) is 0 Å². The maximum atomic E-state index is 13.2. The molecular formula is C25H31ClN4O5S. The molecule has 0 saturated carbocycles. The number of fused-ring (bicyclic) bond motifs is 1. The van der Waals surface area contributed by atoms with Crippen molar-refractivity contribution in [1.29, 1.82) is 0 Å². The summed E-state index contributed by atoms with van der Waals surface area (Å²) in [7, 11) is -1.60. The summed E-state index contributed by atoms with van der Waals surface area (Å²) in [6.45, 7) is 5.03. The number of ether oxygens (including phenoxy) is 2. The summed E-state index contributed by atoms with van der Waals surface area (Å²) in [6.07, 6.45) is 0.889. The van der Waals surface area contributed by atoms with Gasteiger partial charge in [-0.3, -0.25) is 4.79 Å². The number of piperazine rings is 1. The molecule has 2 aromatic carbocycles. The van der Waals surface area contributed by atoms with Gasteiger partial charge in [-0.1, -0.05) is 11.6 Å². The number of nitrogens with zero attached hydrogens (tertiary/aromatic N) is 3. The summed E-state index contributed by atoms with van der Waals surface area (Å²) in [5.74, 6) is 0.599. The van der Waals surface area contributed by atoms with E-state index in [1.54, 1.807) is 18.2 Å². The van der Waals surface area contributed by atoms with Gasteiger partial charge in [-0.2, -0.15) is 4.31 Å². The van der Waals surface area contributed by atoms with Gasteiger partial charge in [0.05, 0.1) is 16.3 Å². The summed E-state index contributed by atoms with van der Waals surface area (Å²) in [5, 5.41) is 3.63. The van der Waals surface area contributed by atoms with Gasteiger partial charge in [-0.25, -0.2) is 8.42 Å². The molecule has 194 valence electrons. The molecule has 3 aliphatic rings. The summed E-state index contributed by atoms with van der Waals surface area (Å²) in [6, 6.07) is 10.3. The molecule has 0 unspecified atom stereocenters. The fraction of sp³-hybridized carbons (Fsp3) is 0.480. The molecule has 0 radical (unpaired) electrons. The monoisotopic (exact) mass is 534 g/mol. The molecule has 3 heterocycles. The summed E-state index contributed by atoms with van der Waals surface area (Å²) in [5.41, 5.74) is 1.66. The first-order valence-electron chi connectivity index (χ1n) is 12.2. The van der Waals surface area contributed by atoms with Crippen molar-refractivity contribution < 1.29 is 22.7 Å². The Labute approximate surface area is 216 Å². The molecule has 0 bridgehead atoms. The molecule has 0 aliphatic carbocycles. The van der Waals surface area contributed by atoms with Gasteiger partial charge < -0.3 is 24.6 Å². The smallest absolute Gasteiger partial charge is 0.243 e. The van der Waals surface area contributed by atoms with Crippen LogP contribution in [0.1, 0.15) is 12.8 Å². The fourth-order valence-electron chi connectivity index (χ4n) is 4.86. The van der Waals surface area contributed by atoms with Gasteiger partial charge in [-0.05, 0) is 50.2 Å². The minimum Gasteiger partial charge on any atom is -0.486 e. The van der Waals surface area contributed by atoms with Crippen LogP contribution < -0.4 is 19.7 Å². The minimum atomic E-state index is -3.70. The van der Waals surface area contributed by atoms with E-state index in [4.69, 9.17) is 21.1 Å². The van der Waals surface area contributed by atoms with Crippen LogP contribution >= 0.6 is 11.6 Å². The first kappa shape index (κ1) is 25.1. The molecule has 9 nitrogen and oxygen atoms in total. The van der Waals surface area contributed by atoms with Gasteiger partial charge >= 0.3 is 0 Å². The van der Waals surface area contributed by atoms with E-state index in [1.807, 2.05) is 12.1 Å². The second kappa shape index (κ2) is 10.5. The molecule has 2 fully saturated rings. The number of nitrogens with one attached hydrogen (secondary N) is 1. The van der Waals surface area contributed by atoms with E-state index >= 15 is 0 Å². The highest BCUT2D eigenvalue weighted by Gasteiger charge is 2.33. The number of hydrogen-bond donors (Lipinski definition) is 1. The molecule has 11 heteroatoms. The number of likely N-dealkylation sites (N-methyl/N-ethyl adjacent to an activating group) is 1. The van der Waals surface area contributed by atoms with Gasteiger partial charge in [0.25, 0.3) is 0 Å². The zero-order valence-electron chi connectivity index (χ0n) is 20.3. The quantitative estimate of drug-likeness (QED) is 0.630. The number of hydrogen-bond acceptors (Lipinski definition) is 7. The molecule has 3 aliphatic heterocycles. The van der Waals surface area contributed by atoms with Crippen LogP contribution in [0.2, 0.25) is 5.02 Å². The standard InChI is InChI=1S/C25H31ClN4O5S/c1-28-10-12-29(13-11-28)22-4-2-19(26)16-21(22)27-25(31)18-6-8-30(9-7-18)36(32,33)20-3-5-23-24(17-20)35-15-14-34-23/h2-5,16-18H,6-15H2,1H3,(H,27,31). The fourth-order valence-corrected chi connectivity index (χ4v) is 6.52. The number of piperidine rings is 1. The van der Waals surface area contributed by atoms with Gasteiger partial charge in [-0.15, -0.1) is 0 Å². The first-order chi connectivity index (χ1) is 17.3. The number of carbonyl (C=O) groups excluding carboxylic acids is 1. The van der Waals surface area contributed by atoms with Gasteiger partial charge in [0.2, 0.25) is 15.9 Å². The van der Waals surface area contributed by atoms with Crippen LogP contribution in [-0.2, 0) is 14.8 Å². The second-order valence-corrected chi connectivity index (χ2v) is 11.8. The van der Waals surface area contributed by atoms with E-state index in [0.29, 0.717) is 48.3 Å². The van der Waals surface area contributed by atoms with Crippen molar-refractivity contribution >= 4 is 38.9 Å². The number of benzene rings is 2. The number of sulfonamides is 1. The lowest BCUT2D eigenvalue weighted by Crippen LogP contribution is -2.45. The van der Waals surface area contributed by atoms with Crippen molar-refractivity contribution in [1.82, 2.24) is 9.21 Å². The van der Waals surface area contributed by atoms with E-state index in [9.17, 15) is 13.2 Å². The van der Waals surface area contributed by atoms with Crippen LogP contribution in [-0.4, -0.2) is 83.1 Å². The first-order valence-corrected chi connectivity index (χ1v) is 14.1. The lowest BCUT2D eigenvalue weighted by atomic mass is 9.97. The highest BCUT2D eigenvalue weighted by molar-refractivity contribution is 7.89. The molecule has 0 spiro atoms. The van der Waals surface area contributed by atoms with Gasteiger partial charge in [0.15, 0.2) is 11.5 Å². The van der Waals surface area contributed by atoms with E-state index in [1.165, 1.54) is 10.4 Å². The largest absolute Gasteiger partial charge is 0.486 e. The number of carbonyl (C=O) groups is 1. The van der Waals surface area contributed by atoms with Crippen molar-refractivity contribution in [2.75, 3.05) is 69.7 Å². The average Bonchev–Trinajstić information content (AvgIpc) is 2.89. The third kappa shape index (κ3) is 5.27. The molecule has 2 aromatic rings. The predicted molar refractivity (Wildman–Crippen MR) is 139 cm³/mol. The Kier molecular flexibility index (Phi) is 7.30. The van der Waals surface area contributed by atoms with E-state index in [0.717, 1.165) is 31.9 Å². The van der Waals surface area contributed by atoms with Crippen LogP contribution in [0, 0.1) is 5.92 Å². The van der Waals surface area contributed by atoms with Crippen molar-refractivity contribution in [3.8, 4) is 11.5 Å². The third-order valence-electron chi connectivity index (χ3n) is 7.04. The highest BCUT2D eigenvalue weighted by Crippen LogP contribution is 2.35. The summed E-state index contributed by atoms with van der Waals surface area (Å²) < 4.78 is 38.9. The molecule has 2 saturated heterocycles. The normalized spacial score (nSPS) is 19.8. The van der Waals surface area contributed by atoms with Crippen molar-refractivity contribution in [2.45, 2.75) is 17.7 Å². The van der Waals surface area contributed by atoms with Crippen molar-refractivity contribution in [3.05, 3.63) is 41.4 Å². The van der Waals surface area contributed by atoms with Crippen LogP contribution in [0.4, 0.5) is 11.4 Å². The molecule has 5 rings (SSSR count). The van der Waals surface area contributed by atoms with Crippen molar-refractivity contribution in [2.24, 2.45) is 5.92 Å². The molecular weight excluding hydrogens is 504 g/mol. The zero-order valence-corrected chi connectivity index (χ0v) is 21.9. The topological polar surface area (TPSA) is 91.4 Å². The number of rotatable bonds is 5. The number of halogens is 1.